The molecule has 3 N–H and O–H groups in total. The molecule has 2 saturated heterocycles. The van der Waals surface area contributed by atoms with Crippen molar-refractivity contribution >= 4 is 36.2 Å². The molecule has 0 saturated carbocycles. The number of aryl methyl sites for hydroxylation is 2. The van der Waals surface area contributed by atoms with E-state index in [1.54, 1.807) is 25.3 Å². The highest BCUT2D eigenvalue weighted by Gasteiger charge is 2.57. The number of ether oxygens (including phenoxy) is 2. The van der Waals surface area contributed by atoms with Crippen molar-refractivity contribution in [3.63, 3.8) is 0 Å². The van der Waals surface area contributed by atoms with E-state index in [-0.39, 0.29) is 29.3 Å². The van der Waals surface area contributed by atoms with Crippen molar-refractivity contribution in [2.75, 3.05) is 25.2 Å². The Bertz CT molecular complexity index is 1370. The summed E-state index contributed by atoms with van der Waals surface area (Å²) < 4.78 is 11.8. The number of carbonyl (C=O) groups is 2. The molecule has 4 atom stereocenters. The van der Waals surface area contributed by atoms with Crippen LogP contribution in [0.15, 0.2) is 53.1 Å². The Morgan fingerprint density at radius 1 is 1.12 bits per heavy atom. The molecule has 0 radical (unpaired) electrons. The molecule has 210 valence electrons. The van der Waals surface area contributed by atoms with Gasteiger partial charge in [0.1, 0.15) is 5.75 Å². The third-order valence-corrected chi connectivity index (χ3v) is 8.48. The predicted molar refractivity (Wildman–Crippen MR) is 153 cm³/mol. The molecule has 2 amide bonds. The van der Waals surface area contributed by atoms with E-state index < -0.39 is 19.0 Å². The Hall–Kier alpha value is -3.24. The van der Waals surface area contributed by atoms with Gasteiger partial charge in [-0.2, -0.15) is 0 Å². The Labute approximate surface area is 235 Å². The molecular weight excluding hydrogens is 509 g/mol. The molecule has 2 aromatic rings. The van der Waals surface area contributed by atoms with Crippen LogP contribution in [0.25, 0.3) is 6.08 Å². The van der Waals surface area contributed by atoms with Crippen molar-refractivity contribution in [1.29, 1.82) is 0 Å². The molecule has 0 aromatic heterocycles. The van der Waals surface area contributed by atoms with Crippen LogP contribution in [0.3, 0.4) is 0 Å². The van der Waals surface area contributed by atoms with Gasteiger partial charge in [0, 0.05) is 13.0 Å². The summed E-state index contributed by atoms with van der Waals surface area (Å²) in [5, 5.41) is 29.3. The van der Waals surface area contributed by atoms with Gasteiger partial charge < -0.3 is 24.6 Å². The number of fused-ring (bicyclic) bond motifs is 3. The first-order valence-corrected chi connectivity index (χ1v) is 13.7. The van der Waals surface area contributed by atoms with Gasteiger partial charge in [-0.3, -0.25) is 14.5 Å². The van der Waals surface area contributed by atoms with Crippen LogP contribution in [0.4, 0.5) is 5.69 Å². The fourth-order valence-corrected chi connectivity index (χ4v) is 6.65. The average Bonchev–Trinajstić information content (AvgIpc) is 3.44. The highest BCUT2D eigenvalue weighted by atomic mass is 16.5. The molecule has 3 aliphatic rings. The second-order valence-corrected chi connectivity index (χ2v) is 11.3. The molecule has 5 rings (SSSR count). The largest absolute Gasteiger partial charge is 0.507 e. The lowest BCUT2D eigenvalue weighted by molar-refractivity contribution is -0.122. The van der Waals surface area contributed by atoms with Gasteiger partial charge in [0.15, 0.2) is 0 Å². The van der Waals surface area contributed by atoms with Crippen LogP contribution in [0.2, 0.25) is 0 Å². The zero-order chi connectivity index (χ0) is 28.7. The number of anilines is 1. The number of rotatable bonds is 8. The quantitative estimate of drug-likeness (QED) is 0.265. The minimum absolute atomic E-state index is 0.160. The highest BCUT2D eigenvalue weighted by molar-refractivity contribution is 6.58. The second-order valence-electron chi connectivity index (χ2n) is 11.3. The number of methoxy groups -OCH3 is 1. The Morgan fingerprint density at radius 2 is 1.85 bits per heavy atom. The second kappa shape index (κ2) is 11.3. The molecule has 0 unspecified atom stereocenters. The summed E-state index contributed by atoms with van der Waals surface area (Å²) in [6.45, 7) is 6.62. The first-order valence-electron chi connectivity index (χ1n) is 13.7. The van der Waals surface area contributed by atoms with E-state index >= 15 is 0 Å². The number of allylic oxidation sites excluding steroid dienone is 1. The minimum atomic E-state index is -1.69. The summed E-state index contributed by atoms with van der Waals surface area (Å²) in [7, 11) is -0.0617. The van der Waals surface area contributed by atoms with Gasteiger partial charge in [-0.05, 0) is 97.6 Å². The molecule has 2 aromatic carbocycles. The van der Waals surface area contributed by atoms with Crippen LogP contribution in [0.5, 0.6) is 5.75 Å². The van der Waals surface area contributed by atoms with Crippen LogP contribution in [-0.4, -0.2) is 60.5 Å². The maximum atomic E-state index is 13.7. The van der Waals surface area contributed by atoms with Crippen LogP contribution in [0.1, 0.15) is 42.9 Å². The molecule has 8 nitrogen and oxygen atoms in total. The van der Waals surface area contributed by atoms with Gasteiger partial charge in [0.25, 0.3) is 0 Å². The van der Waals surface area contributed by atoms with Crippen LogP contribution in [0, 0.1) is 31.6 Å². The van der Waals surface area contributed by atoms with Crippen LogP contribution in [-0.2, 0) is 19.1 Å². The van der Waals surface area contributed by atoms with Gasteiger partial charge in [-0.15, -0.1) is 0 Å². The van der Waals surface area contributed by atoms with E-state index in [0.29, 0.717) is 31.1 Å². The molecule has 2 heterocycles. The SMILES string of the molecule is COCC1=C2[C@@H](CC/C(C)=C/c3cc(C)c(O)c(C)c3)OC[C@@H]2[C@@H]2C(=O)N(c3cccc(B(O)O)c3)C(=O)[C@@H]2C1. The van der Waals surface area contributed by atoms with Gasteiger partial charge in [-0.25, -0.2) is 0 Å². The number of phenols is 1. The first-order chi connectivity index (χ1) is 19.1. The summed E-state index contributed by atoms with van der Waals surface area (Å²) in [6.07, 6.45) is 3.95. The zero-order valence-corrected chi connectivity index (χ0v) is 23.4. The van der Waals surface area contributed by atoms with Crippen molar-refractivity contribution in [2.45, 2.75) is 46.1 Å². The number of phenolic OH excluding ortho intramolecular Hbond substituents is 1. The first kappa shape index (κ1) is 28.3. The predicted octanol–water partition coefficient (Wildman–Crippen LogP) is 3.04. The highest BCUT2D eigenvalue weighted by Crippen LogP contribution is 2.50. The Balaban J connectivity index is 1.37. The summed E-state index contributed by atoms with van der Waals surface area (Å²) in [5.74, 6) is -1.43. The van der Waals surface area contributed by atoms with E-state index in [1.165, 1.54) is 16.5 Å². The average molecular weight is 545 g/mol. The summed E-state index contributed by atoms with van der Waals surface area (Å²) in [5.41, 5.74) is 6.61. The van der Waals surface area contributed by atoms with E-state index in [9.17, 15) is 24.7 Å². The number of imide groups is 1. The summed E-state index contributed by atoms with van der Waals surface area (Å²) in [4.78, 5) is 28.5. The summed E-state index contributed by atoms with van der Waals surface area (Å²) in [6, 6.07) is 10.2. The molecule has 2 aliphatic heterocycles. The minimum Gasteiger partial charge on any atom is -0.507 e. The lowest BCUT2D eigenvalue weighted by Gasteiger charge is -2.31. The molecule has 1 aliphatic carbocycles. The number of carbonyl (C=O) groups excluding carboxylic acids is 2. The molecule has 2 fully saturated rings. The topological polar surface area (TPSA) is 117 Å². The van der Waals surface area contributed by atoms with E-state index in [1.807, 2.05) is 26.0 Å². The number of benzene rings is 2. The third-order valence-electron chi connectivity index (χ3n) is 8.48. The maximum Gasteiger partial charge on any atom is 0.488 e. The monoisotopic (exact) mass is 545 g/mol. The van der Waals surface area contributed by atoms with Crippen molar-refractivity contribution in [3.8, 4) is 5.75 Å². The van der Waals surface area contributed by atoms with Crippen molar-refractivity contribution < 1.29 is 34.2 Å². The number of aromatic hydroxyl groups is 1. The molecule has 0 bridgehead atoms. The van der Waals surface area contributed by atoms with Crippen molar-refractivity contribution in [1.82, 2.24) is 0 Å². The van der Waals surface area contributed by atoms with Crippen molar-refractivity contribution in [3.05, 3.63) is 69.8 Å². The lowest BCUT2D eigenvalue weighted by Crippen LogP contribution is -2.36. The summed E-state index contributed by atoms with van der Waals surface area (Å²) >= 11 is 0. The standard InChI is InChI=1S/C31H36BNO7/c1-17(10-20-11-18(2)29(34)19(3)12-20)8-9-26-27-21(15-39-4)13-24-28(25(27)16-40-26)31(36)33(30(24)35)23-7-5-6-22(14-23)32(37)38/h5-7,10-12,14,24-26,28,34,37-38H,8-9,13,15-16H2,1-4H3/b17-10+/t24-,25+,26-,28-/m1/s1. The molecular formula is C31H36BNO7. The van der Waals surface area contributed by atoms with Gasteiger partial charge in [0.05, 0.1) is 36.8 Å². The van der Waals surface area contributed by atoms with Gasteiger partial charge in [-0.1, -0.05) is 23.8 Å². The van der Waals surface area contributed by atoms with Crippen LogP contribution < -0.4 is 10.4 Å². The van der Waals surface area contributed by atoms with Gasteiger partial charge in [0.2, 0.25) is 11.8 Å². The lowest BCUT2D eigenvalue weighted by atomic mass is 9.69. The Kier molecular flexibility index (Phi) is 8.02. The number of amides is 2. The number of hydrogen-bond donors (Lipinski definition) is 3. The van der Waals surface area contributed by atoms with Crippen LogP contribution >= 0.6 is 0 Å². The maximum absolute atomic E-state index is 13.7. The number of nitrogens with zero attached hydrogens (tertiary/aromatic N) is 1. The smallest absolute Gasteiger partial charge is 0.488 e. The molecule has 40 heavy (non-hydrogen) atoms. The third kappa shape index (κ3) is 5.15. The number of hydrogen-bond acceptors (Lipinski definition) is 7. The molecule has 0 spiro atoms. The zero-order valence-electron chi connectivity index (χ0n) is 23.4. The van der Waals surface area contributed by atoms with E-state index in [0.717, 1.165) is 40.7 Å². The van der Waals surface area contributed by atoms with Gasteiger partial charge >= 0.3 is 7.12 Å². The fraction of sp³-hybridized carbons (Fsp3) is 0.419. The van der Waals surface area contributed by atoms with Crippen molar-refractivity contribution in [2.24, 2.45) is 17.8 Å². The fourth-order valence-electron chi connectivity index (χ4n) is 6.65. The van der Waals surface area contributed by atoms with E-state index in [2.05, 4.69) is 13.0 Å². The normalized spacial score (nSPS) is 24.6. The molecule has 9 heteroatoms. The Morgan fingerprint density at radius 3 is 2.52 bits per heavy atom. The van der Waals surface area contributed by atoms with E-state index in [4.69, 9.17) is 9.47 Å².